The van der Waals surface area contributed by atoms with E-state index in [1.165, 1.54) is 4.88 Å². The highest BCUT2D eigenvalue weighted by Gasteiger charge is 2.20. The van der Waals surface area contributed by atoms with Gasteiger partial charge in [-0.15, -0.1) is 16.4 Å². The maximum absolute atomic E-state index is 4.45. The van der Waals surface area contributed by atoms with Crippen LogP contribution in [-0.2, 0) is 7.05 Å². The van der Waals surface area contributed by atoms with Gasteiger partial charge >= 0.3 is 0 Å². The predicted molar refractivity (Wildman–Crippen MR) is 63.5 cm³/mol. The van der Waals surface area contributed by atoms with Crippen molar-refractivity contribution in [3.8, 4) is 0 Å². The van der Waals surface area contributed by atoms with E-state index in [4.69, 9.17) is 0 Å². The first-order valence-electron chi connectivity index (χ1n) is 5.09. The van der Waals surface area contributed by atoms with E-state index in [0.29, 0.717) is 0 Å². The molecule has 0 spiro atoms. The fraction of sp³-hybridized carbons (Fsp3) is 0.500. The van der Waals surface area contributed by atoms with Crippen LogP contribution < -0.4 is 5.32 Å². The summed E-state index contributed by atoms with van der Waals surface area (Å²) in [4.78, 5) is 5.68. The fourth-order valence-electron chi connectivity index (χ4n) is 1.79. The Morgan fingerprint density at radius 3 is 2.62 bits per heavy atom. The number of aromatic nitrogens is 4. The van der Waals surface area contributed by atoms with Gasteiger partial charge in [0.25, 0.3) is 0 Å². The van der Waals surface area contributed by atoms with Crippen LogP contribution in [0.4, 0.5) is 0 Å². The molecule has 0 radical (unpaired) electrons. The van der Waals surface area contributed by atoms with Crippen molar-refractivity contribution < 1.29 is 0 Å². The van der Waals surface area contributed by atoms with Gasteiger partial charge in [-0.1, -0.05) is 5.21 Å². The minimum Gasteiger partial charge on any atom is -0.307 e. The number of rotatable bonds is 3. The maximum Gasteiger partial charge on any atom is 0.0900 e. The zero-order chi connectivity index (χ0) is 11.7. The first kappa shape index (κ1) is 11.2. The van der Waals surface area contributed by atoms with Gasteiger partial charge in [-0.25, -0.2) is 4.98 Å². The molecule has 0 aromatic carbocycles. The molecule has 0 saturated carbocycles. The average Bonchev–Trinajstić information content (AvgIpc) is 2.77. The van der Waals surface area contributed by atoms with Crippen LogP contribution in [-0.4, -0.2) is 27.0 Å². The summed E-state index contributed by atoms with van der Waals surface area (Å²) in [6.07, 6.45) is 1.79. The summed E-state index contributed by atoms with van der Waals surface area (Å²) in [6.45, 7) is 4.06. The number of nitrogens with zero attached hydrogens (tertiary/aromatic N) is 4. The zero-order valence-corrected chi connectivity index (χ0v) is 10.7. The van der Waals surface area contributed by atoms with Gasteiger partial charge in [0.05, 0.1) is 33.5 Å². The molecule has 2 rings (SSSR count). The van der Waals surface area contributed by atoms with E-state index < -0.39 is 0 Å². The molecular formula is C10H15N5S. The standard InChI is InChI=1S/C10H15N5S/c1-6-10(16-7(2)13-6)9(11-3)8-5-12-14-15(8)4/h5,9,11H,1-4H3. The molecule has 6 heteroatoms. The molecule has 0 aliphatic carbocycles. The summed E-state index contributed by atoms with van der Waals surface area (Å²) >= 11 is 1.71. The molecule has 0 aliphatic heterocycles. The topological polar surface area (TPSA) is 55.6 Å². The Bertz CT molecular complexity index is 487. The van der Waals surface area contributed by atoms with E-state index in [2.05, 4.69) is 20.6 Å². The van der Waals surface area contributed by atoms with Crippen LogP contribution in [0.25, 0.3) is 0 Å². The van der Waals surface area contributed by atoms with E-state index >= 15 is 0 Å². The normalized spacial score (nSPS) is 13.0. The van der Waals surface area contributed by atoms with Crippen molar-refractivity contribution in [2.24, 2.45) is 7.05 Å². The summed E-state index contributed by atoms with van der Waals surface area (Å²) in [7, 11) is 3.84. The number of hydrogen-bond donors (Lipinski definition) is 1. The monoisotopic (exact) mass is 237 g/mol. The first-order chi connectivity index (χ1) is 7.63. The van der Waals surface area contributed by atoms with Crippen molar-refractivity contribution in [2.75, 3.05) is 7.05 Å². The summed E-state index contributed by atoms with van der Waals surface area (Å²) in [6, 6.07) is 0.117. The number of aryl methyl sites for hydroxylation is 3. The van der Waals surface area contributed by atoms with Gasteiger partial charge in [0.15, 0.2) is 0 Å². The summed E-state index contributed by atoms with van der Waals surface area (Å²) in [5, 5.41) is 12.2. The Morgan fingerprint density at radius 1 is 1.44 bits per heavy atom. The third-order valence-corrected chi connectivity index (χ3v) is 3.67. The number of nitrogens with one attached hydrogen (secondary N) is 1. The molecule has 16 heavy (non-hydrogen) atoms. The van der Waals surface area contributed by atoms with Crippen LogP contribution in [0.15, 0.2) is 6.20 Å². The van der Waals surface area contributed by atoms with Crippen LogP contribution in [0.2, 0.25) is 0 Å². The highest BCUT2D eigenvalue weighted by Crippen LogP contribution is 2.28. The largest absolute Gasteiger partial charge is 0.307 e. The molecule has 2 aromatic heterocycles. The summed E-state index contributed by atoms with van der Waals surface area (Å²) < 4.78 is 1.79. The molecular weight excluding hydrogens is 222 g/mol. The van der Waals surface area contributed by atoms with Gasteiger partial charge < -0.3 is 5.32 Å². The first-order valence-corrected chi connectivity index (χ1v) is 5.91. The van der Waals surface area contributed by atoms with E-state index in [1.54, 1.807) is 22.2 Å². The molecule has 1 atom stereocenters. The van der Waals surface area contributed by atoms with E-state index in [0.717, 1.165) is 16.4 Å². The van der Waals surface area contributed by atoms with E-state index in [9.17, 15) is 0 Å². The quantitative estimate of drug-likeness (QED) is 0.871. The van der Waals surface area contributed by atoms with Gasteiger partial charge in [-0.2, -0.15) is 0 Å². The van der Waals surface area contributed by atoms with Crippen LogP contribution in [0.5, 0.6) is 0 Å². The molecule has 1 N–H and O–H groups in total. The van der Waals surface area contributed by atoms with Crippen molar-refractivity contribution in [2.45, 2.75) is 19.9 Å². The Labute approximate surface area is 98.5 Å². The lowest BCUT2D eigenvalue weighted by Gasteiger charge is -2.14. The second-order valence-corrected chi connectivity index (χ2v) is 4.92. The van der Waals surface area contributed by atoms with Crippen molar-refractivity contribution >= 4 is 11.3 Å². The smallest absolute Gasteiger partial charge is 0.0900 e. The highest BCUT2D eigenvalue weighted by molar-refractivity contribution is 7.11. The third kappa shape index (κ3) is 1.85. The molecule has 1 unspecified atom stereocenters. The Morgan fingerprint density at radius 2 is 2.19 bits per heavy atom. The van der Waals surface area contributed by atoms with Crippen LogP contribution >= 0.6 is 11.3 Å². The molecule has 0 aliphatic rings. The molecule has 0 fully saturated rings. The van der Waals surface area contributed by atoms with Crippen molar-refractivity contribution in [3.63, 3.8) is 0 Å². The molecule has 2 heterocycles. The Hall–Kier alpha value is -1.27. The Kier molecular flexibility index (Phi) is 3.02. The lowest BCUT2D eigenvalue weighted by molar-refractivity contribution is 0.601. The maximum atomic E-state index is 4.45. The molecule has 0 bridgehead atoms. The predicted octanol–water partition coefficient (Wildman–Crippen LogP) is 1.20. The second kappa shape index (κ2) is 4.31. The van der Waals surface area contributed by atoms with Gasteiger partial charge in [-0.3, -0.25) is 4.68 Å². The van der Waals surface area contributed by atoms with Crippen LogP contribution in [0.1, 0.15) is 27.3 Å². The van der Waals surface area contributed by atoms with Crippen molar-refractivity contribution in [3.05, 3.63) is 27.5 Å². The van der Waals surface area contributed by atoms with E-state index in [-0.39, 0.29) is 6.04 Å². The molecule has 86 valence electrons. The molecule has 5 nitrogen and oxygen atoms in total. The molecule has 0 amide bonds. The average molecular weight is 237 g/mol. The number of hydrogen-bond acceptors (Lipinski definition) is 5. The summed E-state index contributed by atoms with van der Waals surface area (Å²) in [5.74, 6) is 0. The Balaban J connectivity index is 2.44. The van der Waals surface area contributed by atoms with Crippen LogP contribution in [0.3, 0.4) is 0 Å². The van der Waals surface area contributed by atoms with E-state index in [1.807, 2.05) is 27.9 Å². The van der Waals surface area contributed by atoms with Gasteiger partial charge in [-0.05, 0) is 20.9 Å². The lowest BCUT2D eigenvalue weighted by atomic mass is 10.1. The van der Waals surface area contributed by atoms with Gasteiger partial charge in [0, 0.05) is 7.05 Å². The van der Waals surface area contributed by atoms with Crippen molar-refractivity contribution in [1.82, 2.24) is 25.3 Å². The zero-order valence-electron chi connectivity index (χ0n) is 9.85. The van der Waals surface area contributed by atoms with Crippen molar-refractivity contribution in [1.29, 1.82) is 0 Å². The highest BCUT2D eigenvalue weighted by atomic mass is 32.1. The number of thiazole rings is 1. The SMILES string of the molecule is CNC(c1sc(C)nc1C)c1cnnn1C. The van der Waals surface area contributed by atoms with Gasteiger partial charge in [0.2, 0.25) is 0 Å². The van der Waals surface area contributed by atoms with Gasteiger partial charge in [0.1, 0.15) is 0 Å². The lowest BCUT2D eigenvalue weighted by Crippen LogP contribution is -2.20. The minimum atomic E-state index is 0.117. The molecule has 2 aromatic rings. The minimum absolute atomic E-state index is 0.117. The van der Waals surface area contributed by atoms with Crippen LogP contribution in [0, 0.1) is 13.8 Å². The third-order valence-electron chi connectivity index (χ3n) is 2.54. The fourth-order valence-corrected chi connectivity index (χ4v) is 2.84. The second-order valence-electron chi connectivity index (χ2n) is 3.69. The molecule has 0 saturated heterocycles. The summed E-state index contributed by atoms with van der Waals surface area (Å²) in [5.41, 5.74) is 2.12.